The van der Waals surface area contributed by atoms with Gasteiger partial charge in [0.15, 0.2) is 0 Å². The first-order chi connectivity index (χ1) is 8.19. The quantitative estimate of drug-likeness (QED) is 0.641. The fraction of sp³-hybridized carbons (Fsp3) is 0.333. The third-order valence-electron chi connectivity index (χ3n) is 2.57. The number of pyridine rings is 1. The summed E-state index contributed by atoms with van der Waals surface area (Å²) in [5.74, 6) is 5.62. The molecule has 0 amide bonds. The van der Waals surface area contributed by atoms with E-state index in [-0.39, 0.29) is 6.04 Å². The summed E-state index contributed by atoms with van der Waals surface area (Å²) in [5, 5.41) is 3.15. The number of aryl methyl sites for hydroxylation is 2. The van der Waals surface area contributed by atoms with Crippen LogP contribution in [0.5, 0.6) is 0 Å². The molecule has 0 aliphatic rings. The van der Waals surface area contributed by atoms with Crippen LogP contribution in [0.25, 0.3) is 0 Å². The maximum absolute atomic E-state index is 5.62. The highest BCUT2D eigenvalue weighted by atomic mass is 32.1. The van der Waals surface area contributed by atoms with Crippen molar-refractivity contribution in [1.29, 1.82) is 0 Å². The van der Waals surface area contributed by atoms with E-state index in [1.807, 2.05) is 32.2 Å². The van der Waals surface area contributed by atoms with E-state index in [0.717, 1.165) is 28.4 Å². The van der Waals surface area contributed by atoms with Crippen LogP contribution in [-0.2, 0) is 6.42 Å². The molecule has 0 fully saturated rings. The van der Waals surface area contributed by atoms with E-state index in [2.05, 4.69) is 20.8 Å². The van der Waals surface area contributed by atoms with E-state index in [9.17, 15) is 0 Å². The van der Waals surface area contributed by atoms with Crippen molar-refractivity contribution in [3.05, 3.63) is 45.7 Å². The SMILES string of the molecule is Cc1cc(C(Cc2nc(C)cs2)NN)ccn1. The molecule has 3 N–H and O–H groups in total. The molecule has 90 valence electrons. The second kappa shape index (κ2) is 5.35. The summed E-state index contributed by atoms with van der Waals surface area (Å²) in [4.78, 5) is 8.64. The normalized spacial score (nSPS) is 12.6. The third kappa shape index (κ3) is 3.09. The number of nitrogens with two attached hydrogens (primary N) is 1. The maximum Gasteiger partial charge on any atom is 0.0947 e. The molecule has 0 spiro atoms. The highest BCUT2D eigenvalue weighted by molar-refractivity contribution is 7.09. The largest absolute Gasteiger partial charge is 0.271 e. The van der Waals surface area contributed by atoms with Crippen LogP contribution in [0, 0.1) is 13.8 Å². The molecule has 0 aromatic carbocycles. The maximum atomic E-state index is 5.62. The van der Waals surface area contributed by atoms with Crippen molar-refractivity contribution in [3.8, 4) is 0 Å². The lowest BCUT2D eigenvalue weighted by molar-refractivity contribution is 0.549. The molecule has 0 saturated carbocycles. The molecule has 2 rings (SSSR count). The van der Waals surface area contributed by atoms with Gasteiger partial charge in [-0.1, -0.05) is 0 Å². The first-order valence-corrected chi connectivity index (χ1v) is 6.36. The average Bonchev–Trinajstić information content (AvgIpc) is 2.72. The van der Waals surface area contributed by atoms with Crippen molar-refractivity contribution in [3.63, 3.8) is 0 Å². The van der Waals surface area contributed by atoms with Crippen LogP contribution in [0.4, 0.5) is 0 Å². The fourth-order valence-corrected chi connectivity index (χ4v) is 2.55. The number of nitrogens with zero attached hydrogens (tertiary/aromatic N) is 2. The van der Waals surface area contributed by atoms with E-state index in [1.54, 1.807) is 11.3 Å². The van der Waals surface area contributed by atoms with Crippen LogP contribution in [0.3, 0.4) is 0 Å². The number of nitrogens with one attached hydrogen (secondary N) is 1. The number of hydrogen-bond donors (Lipinski definition) is 2. The molecule has 0 radical (unpaired) electrons. The van der Waals surface area contributed by atoms with Crippen LogP contribution in [0.15, 0.2) is 23.7 Å². The average molecular weight is 248 g/mol. The van der Waals surface area contributed by atoms with Crippen molar-refractivity contribution >= 4 is 11.3 Å². The monoisotopic (exact) mass is 248 g/mol. The molecular formula is C12H16N4S. The van der Waals surface area contributed by atoms with Gasteiger partial charge in [0, 0.05) is 29.4 Å². The molecule has 2 aromatic heterocycles. The van der Waals surface area contributed by atoms with Crippen LogP contribution in [0.2, 0.25) is 0 Å². The van der Waals surface area contributed by atoms with Gasteiger partial charge in [0.1, 0.15) is 0 Å². The molecular weight excluding hydrogens is 232 g/mol. The number of hydrazine groups is 1. The second-order valence-electron chi connectivity index (χ2n) is 4.04. The van der Waals surface area contributed by atoms with Crippen molar-refractivity contribution in [2.45, 2.75) is 26.3 Å². The lowest BCUT2D eigenvalue weighted by Gasteiger charge is -2.15. The number of thiazole rings is 1. The van der Waals surface area contributed by atoms with Gasteiger partial charge in [-0.05, 0) is 31.5 Å². The predicted molar refractivity (Wildman–Crippen MR) is 69.6 cm³/mol. The fourth-order valence-electron chi connectivity index (χ4n) is 1.73. The standard InChI is InChI=1S/C12H16N4S/c1-8-5-10(3-4-14-8)11(16-13)6-12-15-9(2)7-17-12/h3-5,7,11,16H,6,13H2,1-2H3. The minimum absolute atomic E-state index is 0.0854. The third-order valence-corrected chi connectivity index (χ3v) is 3.56. The van der Waals surface area contributed by atoms with Crippen LogP contribution in [0.1, 0.15) is 28.0 Å². The Balaban J connectivity index is 2.16. The Hall–Kier alpha value is -1.30. The van der Waals surface area contributed by atoms with Gasteiger partial charge in [-0.3, -0.25) is 16.3 Å². The van der Waals surface area contributed by atoms with Gasteiger partial charge in [-0.2, -0.15) is 0 Å². The lowest BCUT2D eigenvalue weighted by Crippen LogP contribution is -2.29. The number of hydrogen-bond acceptors (Lipinski definition) is 5. The summed E-state index contributed by atoms with van der Waals surface area (Å²) in [6.07, 6.45) is 2.61. The van der Waals surface area contributed by atoms with Gasteiger partial charge in [0.2, 0.25) is 0 Å². The molecule has 4 nitrogen and oxygen atoms in total. The molecule has 0 aliphatic carbocycles. The highest BCUT2D eigenvalue weighted by Gasteiger charge is 2.12. The van der Waals surface area contributed by atoms with Gasteiger partial charge in [0.25, 0.3) is 0 Å². The van der Waals surface area contributed by atoms with Crippen molar-refractivity contribution in [1.82, 2.24) is 15.4 Å². The van der Waals surface area contributed by atoms with Crippen molar-refractivity contribution in [2.75, 3.05) is 0 Å². The summed E-state index contributed by atoms with van der Waals surface area (Å²) in [5.41, 5.74) is 6.05. The van der Waals surface area contributed by atoms with Gasteiger partial charge in [-0.15, -0.1) is 11.3 Å². The molecule has 2 aromatic rings. The topological polar surface area (TPSA) is 63.8 Å². The second-order valence-corrected chi connectivity index (χ2v) is 4.98. The van der Waals surface area contributed by atoms with Crippen molar-refractivity contribution < 1.29 is 0 Å². The highest BCUT2D eigenvalue weighted by Crippen LogP contribution is 2.20. The molecule has 1 unspecified atom stereocenters. The van der Waals surface area contributed by atoms with Gasteiger partial charge < -0.3 is 0 Å². The summed E-state index contributed by atoms with van der Waals surface area (Å²) in [6, 6.07) is 4.12. The Morgan fingerprint density at radius 2 is 2.24 bits per heavy atom. The van der Waals surface area contributed by atoms with Crippen LogP contribution in [-0.4, -0.2) is 9.97 Å². The van der Waals surface area contributed by atoms with E-state index in [0.29, 0.717) is 0 Å². The van der Waals surface area contributed by atoms with Gasteiger partial charge in [-0.25, -0.2) is 4.98 Å². The lowest BCUT2D eigenvalue weighted by atomic mass is 10.1. The predicted octanol–water partition coefficient (Wildman–Crippen LogP) is 1.90. The molecule has 17 heavy (non-hydrogen) atoms. The zero-order chi connectivity index (χ0) is 12.3. The zero-order valence-corrected chi connectivity index (χ0v) is 10.8. The van der Waals surface area contributed by atoms with E-state index >= 15 is 0 Å². The first kappa shape index (κ1) is 12.2. The molecule has 0 aliphatic heterocycles. The minimum atomic E-state index is 0.0854. The van der Waals surface area contributed by atoms with Crippen LogP contribution < -0.4 is 11.3 Å². The summed E-state index contributed by atoms with van der Waals surface area (Å²) < 4.78 is 0. The van der Waals surface area contributed by atoms with Crippen LogP contribution >= 0.6 is 11.3 Å². The zero-order valence-electron chi connectivity index (χ0n) is 9.97. The Bertz CT molecular complexity index is 495. The molecule has 0 bridgehead atoms. The first-order valence-electron chi connectivity index (χ1n) is 5.48. The van der Waals surface area contributed by atoms with E-state index in [4.69, 9.17) is 5.84 Å². The smallest absolute Gasteiger partial charge is 0.0947 e. The Morgan fingerprint density at radius 1 is 1.41 bits per heavy atom. The molecule has 0 saturated heterocycles. The summed E-state index contributed by atoms with van der Waals surface area (Å²) in [6.45, 7) is 3.98. The van der Waals surface area contributed by atoms with Gasteiger partial charge in [0.05, 0.1) is 11.0 Å². The van der Waals surface area contributed by atoms with E-state index < -0.39 is 0 Å². The minimum Gasteiger partial charge on any atom is -0.271 e. The Labute approximate surface area is 105 Å². The molecule has 2 heterocycles. The van der Waals surface area contributed by atoms with Gasteiger partial charge >= 0.3 is 0 Å². The molecule has 1 atom stereocenters. The number of aromatic nitrogens is 2. The Morgan fingerprint density at radius 3 is 2.82 bits per heavy atom. The summed E-state index contributed by atoms with van der Waals surface area (Å²) in [7, 11) is 0. The molecule has 5 heteroatoms. The Kier molecular flexibility index (Phi) is 3.83. The van der Waals surface area contributed by atoms with E-state index in [1.165, 1.54) is 0 Å². The number of rotatable bonds is 4. The summed E-state index contributed by atoms with van der Waals surface area (Å²) >= 11 is 1.67. The van der Waals surface area contributed by atoms with Crippen molar-refractivity contribution in [2.24, 2.45) is 5.84 Å².